The molecule has 0 fully saturated rings. The van der Waals surface area contributed by atoms with Gasteiger partial charge >= 0.3 is 0 Å². The molecule has 5 nitrogen and oxygen atoms in total. The summed E-state index contributed by atoms with van der Waals surface area (Å²) in [7, 11) is 1.59. The molecule has 1 aromatic carbocycles. The van der Waals surface area contributed by atoms with Gasteiger partial charge in [0, 0.05) is 0 Å². The Morgan fingerprint density at radius 2 is 2.04 bits per heavy atom. The Balaban J connectivity index is 1.79. The predicted octanol–water partition coefficient (Wildman–Crippen LogP) is 2.54. The van der Waals surface area contributed by atoms with Gasteiger partial charge in [0.2, 0.25) is 12.6 Å². The van der Waals surface area contributed by atoms with Crippen LogP contribution < -0.4 is 14.8 Å². The van der Waals surface area contributed by atoms with Gasteiger partial charge in [-0.1, -0.05) is 0 Å². The van der Waals surface area contributed by atoms with Crippen molar-refractivity contribution in [3.63, 3.8) is 0 Å². The fourth-order valence-electron chi connectivity index (χ4n) is 3.96. The number of ether oxygens (including phenoxy) is 3. The minimum absolute atomic E-state index is 0.0843. The molecule has 1 aliphatic carbocycles. The van der Waals surface area contributed by atoms with Crippen LogP contribution in [-0.4, -0.2) is 32.8 Å². The lowest BCUT2D eigenvalue weighted by Gasteiger charge is -2.28. The van der Waals surface area contributed by atoms with Crippen LogP contribution in [0.5, 0.6) is 11.5 Å². The molecule has 0 saturated carbocycles. The molecule has 2 unspecified atom stereocenters. The summed E-state index contributed by atoms with van der Waals surface area (Å²) in [5.41, 5.74) is 2.24. The van der Waals surface area contributed by atoms with E-state index >= 15 is 0 Å². The number of hydrogen-bond acceptors (Lipinski definition) is 5. The number of carbonyl (C=O) groups excluding carboxylic acids is 1. The number of methoxy groups -OCH3 is 1. The summed E-state index contributed by atoms with van der Waals surface area (Å²) in [6, 6.07) is 4.05. The van der Waals surface area contributed by atoms with Gasteiger partial charge in [0.25, 0.3) is 0 Å². The van der Waals surface area contributed by atoms with Crippen LogP contribution in [0.4, 0.5) is 0 Å². The van der Waals surface area contributed by atoms with Crippen LogP contribution in [0.3, 0.4) is 0 Å². The molecule has 128 valence electrons. The first-order valence-corrected chi connectivity index (χ1v) is 8.69. The number of hydrogen-bond donors (Lipinski definition) is 1. The van der Waals surface area contributed by atoms with Gasteiger partial charge < -0.3 is 19.5 Å². The van der Waals surface area contributed by atoms with Gasteiger partial charge in [-0.2, -0.15) is 0 Å². The number of fused-ring (bicyclic) bond motifs is 5. The van der Waals surface area contributed by atoms with E-state index in [-0.39, 0.29) is 18.5 Å². The van der Waals surface area contributed by atoms with Gasteiger partial charge in [-0.15, -0.1) is 0 Å². The molecule has 24 heavy (non-hydrogen) atoms. The smallest absolute Gasteiger partial charge is 0.231 e. The van der Waals surface area contributed by atoms with Crippen molar-refractivity contribution in [1.82, 2.24) is 5.32 Å². The van der Waals surface area contributed by atoms with E-state index in [1.807, 2.05) is 18.2 Å². The van der Waals surface area contributed by atoms with Crippen molar-refractivity contribution in [2.45, 2.75) is 31.6 Å². The molecule has 0 amide bonds. The largest absolute Gasteiger partial charge is 0.493 e. The summed E-state index contributed by atoms with van der Waals surface area (Å²) in [6.45, 7) is 2.16. The second-order valence-corrected chi connectivity index (χ2v) is 6.69. The molecule has 2 atom stereocenters. The van der Waals surface area contributed by atoms with Crippen molar-refractivity contribution < 1.29 is 19.0 Å². The van der Waals surface area contributed by atoms with Crippen molar-refractivity contribution in [2.24, 2.45) is 5.92 Å². The number of benzene rings is 1. The second kappa shape index (κ2) is 6.48. The summed E-state index contributed by atoms with van der Waals surface area (Å²) in [6.07, 6.45) is 5.93. The maximum absolute atomic E-state index is 12.9. The number of allylic oxidation sites excluding steroid dienone is 2. The molecule has 0 saturated heterocycles. The van der Waals surface area contributed by atoms with Gasteiger partial charge in [0.1, 0.15) is 0 Å². The lowest BCUT2D eigenvalue weighted by molar-refractivity contribution is -0.120. The average Bonchev–Trinajstić information content (AvgIpc) is 3.04. The van der Waals surface area contributed by atoms with Crippen LogP contribution in [0.1, 0.15) is 36.3 Å². The number of carbonyl (C=O) groups is 1. The third-order valence-electron chi connectivity index (χ3n) is 5.21. The topological polar surface area (TPSA) is 56.8 Å². The molecule has 0 radical (unpaired) electrons. The Labute approximate surface area is 142 Å². The van der Waals surface area contributed by atoms with Crippen LogP contribution in [0, 0.1) is 5.92 Å². The lowest BCUT2D eigenvalue weighted by Crippen LogP contribution is -2.25. The number of Topliss-reactive ketones (excluding diaryl/α,β-unsaturated/α-hetero) is 1. The zero-order chi connectivity index (χ0) is 16.5. The molecule has 2 aliphatic heterocycles. The molecule has 3 aliphatic rings. The van der Waals surface area contributed by atoms with Crippen LogP contribution in [0.15, 0.2) is 24.0 Å². The normalized spacial score (nSPS) is 26.2. The van der Waals surface area contributed by atoms with Crippen LogP contribution in [0.25, 0.3) is 0 Å². The van der Waals surface area contributed by atoms with Crippen LogP contribution in [0.2, 0.25) is 0 Å². The summed E-state index contributed by atoms with van der Waals surface area (Å²) in [4.78, 5) is 12.9. The van der Waals surface area contributed by atoms with E-state index in [0.29, 0.717) is 11.7 Å². The summed E-state index contributed by atoms with van der Waals surface area (Å²) >= 11 is 0. The zero-order valence-electron chi connectivity index (χ0n) is 14.0. The molecule has 0 aromatic heterocycles. The molecule has 5 heteroatoms. The summed E-state index contributed by atoms with van der Waals surface area (Å²) in [5.74, 6) is 2.34. The Kier molecular flexibility index (Phi) is 4.19. The Morgan fingerprint density at radius 1 is 1.21 bits per heavy atom. The highest BCUT2D eigenvalue weighted by Gasteiger charge is 2.34. The SMILES string of the molecule is COC1=CC2CCCNCCc3cc4c(cc3C(C2)C1=O)OCO4. The van der Waals surface area contributed by atoms with Gasteiger partial charge in [0.05, 0.1) is 13.0 Å². The van der Waals surface area contributed by atoms with E-state index in [0.717, 1.165) is 55.8 Å². The van der Waals surface area contributed by atoms with Crippen molar-refractivity contribution in [1.29, 1.82) is 0 Å². The Morgan fingerprint density at radius 3 is 2.88 bits per heavy atom. The molecule has 1 aromatic rings. The first-order chi connectivity index (χ1) is 11.8. The fourth-order valence-corrected chi connectivity index (χ4v) is 3.96. The first kappa shape index (κ1) is 15.5. The van der Waals surface area contributed by atoms with E-state index in [4.69, 9.17) is 14.2 Å². The molecule has 1 N–H and O–H groups in total. The third kappa shape index (κ3) is 2.77. The van der Waals surface area contributed by atoms with Crippen LogP contribution in [-0.2, 0) is 16.0 Å². The highest BCUT2D eigenvalue weighted by molar-refractivity contribution is 6.00. The van der Waals surface area contributed by atoms with E-state index in [9.17, 15) is 4.79 Å². The lowest BCUT2D eigenvalue weighted by atomic mass is 9.77. The van der Waals surface area contributed by atoms with E-state index in [1.54, 1.807) is 7.11 Å². The van der Waals surface area contributed by atoms with E-state index in [2.05, 4.69) is 5.32 Å². The quantitative estimate of drug-likeness (QED) is 0.858. The maximum Gasteiger partial charge on any atom is 0.231 e. The second-order valence-electron chi connectivity index (χ2n) is 6.69. The van der Waals surface area contributed by atoms with Gasteiger partial charge in [-0.05, 0) is 74.0 Å². The van der Waals surface area contributed by atoms with Crippen LogP contribution >= 0.6 is 0 Å². The number of rotatable bonds is 1. The monoisotopic (exact) mass is 329 g/mol. The predicted molar refractivity (Wildman–Crippen MR) is 89.3 cm³/mol. The van der Waals surface area contributed by atoms with Crippen molar-refractivity contribution in [2.75, 3.05) is 27.0 Å². The van der Waals surface area contributed by atoms with Crippen molar-refractivity contribution in [3.8, 4) is 11.5 Å². The van der Waals surface area contributed by atoms with E-state index in [1.165, 1.54) is 5.56 Å². The standard InChI is InChI=1S/C19H23NO4/c1-22-18-8-12-3-2-5-20-6-4-13-9-16-17(24-11-23-16)10-14(13)15(7-12)19(18)21/h8-10,12,15,20H,2-7,11H2,1H3. The van der Waals surface area contributed by atoms with Crippen molar-refractivity contribution in [3.05, 3.63) is 35.1 Å². The average molecular weight is 329 g/mol. The minimum Gasteiger partial charge on any atom is -0.493 e. The van der Waals surface area contributed by atoms with Gasteiger partial charge in [0.15, 0.2) is 17.3 Å². The summed E-state index contributed by atoms with van der Waals surface area (Å²) in [5, 5.41) is 3.50. The molecule has 2 bridgehead atoms. The Hall–Kier alpha value is -2.01. The highest BCUT2D eigenvalue weighted by Crippen LogP contribution is 2.42. The third-order valence-corrected chi connectivity index (χ3v) is 5.21. The molecule has 4 rings (SSSR count). The zero-order valence-corrected chi connectivity index (χ0v) is 14.0. The summed E-state index contributed by atoms with van der Waals surface area (Å²) < 4.78 is 16.5. The highest BCUT2D eigenvalue weighted by atomic mass is 16.7. The molecule has 0 spiro atoms. The molecular weight excluding hydrogens is 306 g/mol. The first-order valence-electron chi connectivity index (χ1n) is 8.69. The van der Waals surface area contributed by atoms with E-state index < -0.39 is 0 Å². The minimum atomic E-state index is -0.155. The Bertz CT molecular complexity index is 682. The molecular formula is C19H23NO4. The molecule has 2 heterocycles. The van der Waals surface area contributed by atoms with Crippen molar-refractivity contribution >= 4 is 5.78 Å². The fraction of sp³-hybridized carbons (Fsp3) is 0.526. The van der Waals surface area contributed by atoms with Gasteiger partial charge in [-0.25, -0.2) is 0 Å². The van der Waals surface area contributed by atoms with Gasteiger partial charge in [-0.3, -0.25) is 4.79 Å². The number of ketones is 1. The number of nitrogens with one attached hydrogen (secondary N) is 1. The maximum atomic E-state index is 12.9.